The first-order valence-electron chi connectivity index (χ1n) is 7.44. The summed E-state index contributed by atoms with van der Waals surface area (Å²) in [6, 6.07) is 9.47. The topological polar surface area (TPSA) is 60.5 Å². The molecular weight excluding hydrogens is 266 g/mol. The molecule has 0 spiro atoms. The Bertz CT molecular complexity index is 675. The molecule has 0 atom stereocenters. The second kappa shape index (κ2) is 6.28. The Balaban J connectivity index is 1.73. The van der Waals surface area contributed by atoms with Gasteiger partial charge in [-0.2, -0.15) is 0 Å². The van der Waals surface area contributed by atoms with Crippen LogP contribution in [-0.2, 0) is 11.3 Å². The number of pyridine rings is 1. The number of rotatable bonds is 4. The van der Waals surface area contributed by atoms with Crippen LogP contribution in [-0.4, -0.2) is 42.3 Å². The van der Waals surface area contributed by atoms with Gasteiger partial charge < -0.3 is 10.5 Å². The van der Waals surface area contributed by atoms with Gasteiger partial charge in [0.2, 0.25) is 0 Å². The number of anilines is 1. The number of morpholine rings is 1. The monoisotopic (exact) mass is 287 g/mol. The van der Waals surface area contributed by atoms with E-state index in [1.54, 1.807) is 4.57 Å². The number of benzene rings is 1. The minimum absolute atomic E-state index is 0.00702. The molecule has 21 heavy (non-hydrogen) atoms. The van der Waals surface area contributed by atoms with Crippen molar-refractivity contribution in [3.8, 4) is 0 Å². The van der Waals surface area contributed by atoms with Crippen molar-refractivity contribution in [2.24, 2.45) is 0 Å². The highest BCUT2D eigenvalue weighted by molar-refractivity contribution is 5.83. The van der Waals surface area contributed by atoms with E-state index in [1.807, 2.05) is 30.3 Å². The molecule has 3 rings (SSSR count). The molecule has 0 saturated carbocycles. The Kier molecular flexibility index (Phi) is 4.22. The Morgan fingerprint density at radius 1 is 1.14 bits per heavy atom. The maximum Gasteiger partial charge on any atom is 0.259 e. The number of nitrogen functional groups attached to an aromatic ring is 1. The normalized spacial score (nSPS) is 16.4. The lowest BCUT2D eigenvalue weighted by atomic mass is 10.1. The van der Waals surface area contributed by atoms with E-state index in [0.717, 1.165) is 50.0 Å². The van der Waals surface area contributed by atoms with Gasteiger partial charge in [-0.15, -0.1) is 0 Å². The van der Waals surface area contributed by atoms with Crippen LogP contribution in [0.2, 0.25) is 0 Å². The molecule has 1 aliphatic heterocycles. The average Bonchev–Trinajstić information content (AvgIpc) is 2.51. The lowest BCUT2D eigenvalue weighted by Crippen LogP contribution is -2.37. The minimum atomic E-state index is 0.00702. The molecule has 1 saturated heterocycles. The van der Waals surface area contributed by atoms with E-state index in [4.69, 9.17) is 10.5 Å². The largest absolute Gasteiger partial charge is 0.385 e. The Morgan fingerprint density at radius 3 is 2.71 bits per heavy atom. The van der Waals surface area contributed by atoms with Crippen LogP contribution in [0.4, 0.5) is 5.82 Å². The first kappa shape index (κ1) is 14.1. The zero-order valence-electron chi connectivity index (χ0n) is 12.1. The quantitative estimate of drug-likeness (QED) is 0.921. The fraction of sp³-hybridized carbons (Fsp3) is 0.438. The van der Waals surface area contributed by atoms with E-state index in [0.29, 0.717) is 12.4 Å². The lowest BCUT2D eigenvalue weighted by molar-refractivity contribution is 0.0369. The number of aromatic nitrogens is 1. The van der Waals surface area contributed by atoms with E-state index in [1.165, 1.54) is 0 Å². The first-order valence-corrected chi connectivity index (χ1v) is 7.44. The molecule has 0 radical (unpaired) electrons. The number of ether oxygens (including phenoxy) is 1. The molecule has 2 N–H and O–H groups in total. The predicted octanol–water partition coefficient (Wildman–Crippen LogP) is 1.31. The van der Waals surface area contributed by atoms with E-state index in [9.17, 15) is 4.79 Å². The van der Waals surface area contributed by atoms with Gasteiger partial charge in [-0.1, -0.05) is 18.2 Å². The number of hydrogen-bond acceptors (Lipinski definition) is 4. The maximum atomic E-state index is 12.5. The summed E-state index contributed by atoms with van der Waals surface area (Å²) in [6.07, 6.45) is 0.919. The Hall–Kier alpha value is -1.85. The summed E-state index contributed by atoms with van der Waals surface area (Å²) in [6.45, 7) is 5.19. The highest BCUT2D eigenvalue weighted by Gasteiger charge is 2.11. The zero-order chi connectivity index (χ0) is 14.7. The number of nitrogens with zero attached hydrogens (tertiary/aromatic N) is 2. The summed E-state index contributed by atoms with van der Waals surface area (Å²) < 4.78 is 7.02. The molecule has 1 aliphatic rings. The van der Waals surface area contributed by atoms with Crippen LogP contribution in [0.1, 0.15) is 6.42 Å². The zero-order valence-corrected chi connectivity index (χ0v) is 12.1. The number of fused-ring (bicyclic) bond motifs is 1. The summed E-state index contributed by atoms with van der Waals surface area (Å²) in [7, 11) is 0. The van der Waals surface area contributed by atoms with Crippen molar-refractivity contribution in [1.29, 1.82) is 0 Å². The number of hydrogen-bond donors (Lipinski definition) is 1. The average molecular weight is 287 g/mol. The van der Waals surface area contributed by atoms with Gasteiger partial charge in [-0.3, -0.25) is 14.3 Å². The van der Waals surface area contributed by atoms with Crippen LogP contribution >= 0.6 is 0 Å². The smallest absolute Gasteiger partial charge is 0.259 e. The SMILES string of the molecule is Nc1cc2ccccc2c(=O)n1CCCN1CCOCC1. The molecular formula is C16H21N3O2. The molecule has 1 aromatic carbocycles. The molecule has 1 aromatic heterocycles. The predicted molar refractivity (Wildman–Crippen MR) is 84.5 cm³/mol. The molecule has 112 valence electrons. The van der Waals surface area contributed by atoms with E-state index < -0.39 is 0 Å². The van der Waals surface area contributed by atoms with Crippen LogP contribution in [0, 0.1) is 0 Å². The van der Waals surface area contributed by atoms with Crippen LogP contribution in [0.5, 0.6) is 0 Å². The summed E-state index contributed by atoms with van der Waals surface area (Å²) in [5, 5.41) is 1.64. The van der Waals surface area contributed by atoms with Crippen LogP contribution < -0.4 is 11.3 Å². The summed E-state index contributed by atoms with van der Waals surface area (Å²) in [5.41, 5.74) is 6.04. The molecule has 0 amide bonds. The van der Waals surface area contributed by atoms with Gasteiger partial charge in [-0.05, 0) is 23.9 Å². The van der Waals surface area contributed by atoms with Gasteiger partial charge in [0.1, 0.15) is 5.82 Å². The summed E-state index contributed by atoms with van der Waals surface area (Å²) in [5.74, 6) is 0.542. The van der Waals surface area contributed by atoms with Crippen molar-refractivity contribution in [2.75, 3.05) is 38.6 Å². The molecule has 0 unspecified atom stereocenters. The standard InChI is InChI=1S/C16H21N3O2/c17-15-12-13-4-1-2-5-14(13)16(20)19(15)7-3-6-18-8-10-21-11-9-18/h1-2,4-5,12H,3,6-11,17H2. The van der Waals surface area contributed by atoms with Crippen molar-refractivity contribution in [3.05, 3.63) is 40.7 Å². The molecule has 2 aromatic rings. The van der Waals surface area contributed by atoms with Crippen LogP contribution in [0.25, 0.3) is 10.8 Å². The second-order valence-electron chi connectivity index (χ2n) is 5.42. The Morgan fingerprint density at radius 2 is 1.90 bits per heavy atom. The van der Waals surface area contributed by atoms with Gasteiger partial charge in [-0.25, -0.2) is 0 Å². The van der Waals surface area contributed by atoms with E-state index in [-0.39, 0.29) is 5.56 Å². The van der Waals surface area contributed by atoms with Crippen molar-refractivity contribution in [3.63, 3.8) is 0 Å². The molecule has 0 aliphatic carbocycles. The third-order valence-electron chi connectivity index (χ3n) is 4.01. The fourth-order valence-electron chi connectivity index (χ4n) is 2.83. The van der Waals surface area contributed by atoms with Gasteiger partial charge in [0.15, 0.2) is 0 Å². The third kappa shape index (κ3) is 3.09. The molecule has 5 heteroatoms. The maximum absolute atomic E-state index is 12.5. The first-order chi connectivity index (χ1) is 10.3. The highest BCUT2D eigenvalue weighted by Crippen LogP contribution is 2.13. The van der Waals surface area contributed by atoms with E-state index in [2.05, 4.69) is 4.90 Å². The molecule has 2 heterocycles. The summed E-state index contributed by atoms with van der Waals surface area (Å²) >= 11 is 0. The number of nitrogens with two attached hydrogens (primary N) is 1. The molecule has 5 nitrogen and oxygen atoms in total. The molecule has 1 fully saturated rings. The van der Waals surface area contributed by atoms with Crippen molar-refractivity contribution in [2.45, 2.75) is 13.0 Å². The van der Waals surface area contributed by atoms with Gasteiger partial charge in [0.05, 0.1) is 13.2 Å². The highest BCUT2D eigenvalue weighted by atomic mass is 16.5. The van der Waals surface area contributed by atoms with Crippen molar-refractivity contribution in [1.82, 2.24) is 9.47 Å². The third-order valence-corrected chi connectivity index (χ3v) is 4.01. The van der Waals surface area contributed by atoms with Gasteiger partial charge >= 0.3 is 0 Å². The fourth-order valence-corrected chi connectivity index (χ4v) is 2.83. The minimum Gasteiger partial charge on any atom is -0.385 e. The van der Waals surface area contributed by atoms with E-state index >= 15 is 0 Å². The Labute approximate surface area is 123 Å². The lowest BCUT2D eigenvalue weighted by Gasteiger charge is -2.26. The van der Waals surface area contributed by atoms with Crippen molar-refractivity contribution < 1.29 is 4.74 Å². The van der Waals surface area contributed by atoms with Crippen LogP contribution in [0.15, 0.2) is 35.1 Å². The summed E-state index contributed by atoms with van der Waals surface area (Å²) in [4.78, 5) is 14.8. The van der Waals surface area contributed by atoms with Crippen LogP contribution in [0.3, 0.4) is 0 Å². The second-order valence-corrected chi connectivity index (χ2v) is 5.42. The van der Waals surface area contributed by atoms with Gasteiger partial charge in [0, 0.05) is 31.6 Å². The van der Waals surface area contributed by atoms with Crippen molar-refractivity contribution >= 4 is 16.6 Å². The van der Waals surface area contributed by atoms with Gasteiger partial charge in [0.25, 0.3) is 5.56 Å². The molecule has 0 bridgehead atoms.